The minimum Gasteiger partial charge on any atom is -0.490 e. The minimum absolute atomic E-state index is 0.000146. The normalized spacial score (nSPS) is 10.3. The Hall–Kier alpha value is -1.53. The second-order valence-corrected chi connectivity index (χ2v) is 5.97. The number of thioether (sulfide) groups is 1. The molecule has 2 aromatic carbocycles. The molecule has 0 atom stereocenters. The van der Waals surface area contributed by atoms with Gasteiger partial charge in [0.15, 0.2) is 5.75 Å². The summed E-state index contributed by atoms with van der Waals surface area (Å²) in [6, 6.07) is 13.0. The summed E-state index contributed by atoms with van der Waals surface area (Å²) in [7, 11) is 1.43. The Bertz CT molecular complexity index is 634. The molecule has 0 spiro atoms. The van der Waals surface area contributed by atoms with Gasteiger partial charge in [-0.1, -0.05) is 28.1 Å². The van der Waals surface area contributed by atoms with E-state index in [1.165, 1.54) is 7.11 Å². The SMILES string of the molecule is COc1ccc(CSc2cccc(Br)c2)cc1[N+](=O)[O-]. The van der Waals surface area contributed by atoms with Crippen LogP contribution in [0.1, 0.15) is 5.56 Å². The van der Waals surface area contributed by atoms with E-state index in [1.54, 1.807) is 23.9 Å². The molecule has 4 nitrogen and oxygen atoms in total. The van der Waals surface area contributed by atoms with Crippen molar-refractivity contribution in [3.8, 4) is 5.75 Å². The van der Waals surface area contributed by atoms with E-state index < -0.39 is 4.92 Å². The third-order valence-corrected chi connectivity index (χ3v) is 4.20. The highest BCUT2D eigenvalue weighted by Gasteiger charge is 2.15. The fourth-order valence-corrected chi connectivity index (χ4v) is 3.14. The molecule has 0 heterocycles. The monoisotopic (exact) mass is 353 g/mol. The van der Waals surface area contributed by atoms with Crippen molar-refractivity contribution in [2.24, 2.45) is 0 Å². The number of hydrogen-bond donors (Lipinski definition) is 0. The molecular weight excluding hydrogens is 342 g/mol. The summed E-state index contributed by atoms with van der Waals surface area (Å²) in [5, 5.41) is 11.0. The van der Waals surface area contributed by atoms with Gasteiger partial charge >= 0.3 is 5.69 Å². The van der Waals surface area contributed by atoms with E-state index >= 15 is 0 Å². The first kappa shape index (κ1) is 14.9. The Morgan fingerprint density at radius 1 is 1.30 bits per heavy atom. The molecule has 0 unspecified atom stereocenters. The molecule has 0 aliphatic heterocycles. The number of nitro groups is 1. The Morgan fingerprint density at radius 3 is 2.75 bits per heavy atom. The molecule has 6 heteroatoms. The maximum atomic E-state index is 11.0. The van der Waals surface area contributed by atoms with Crippen molar-refractivity contribution in [2.45, 2.75) is 10.6 Å². The van der Waals surface area contributed by atoms with E-state index in [9.17, 15) is 10.1 Å². The number of hydrogen-bond acceptors (Lipinski definition) is 4. The van der Waals surface area contributed by atoms with E-state index in [-0.39, 0.29) is 11.4 Å². The maximum absolute atomic E-state index is 11.0. The van der Waals surface area contributed by atoms with E-state index in [0.29, 0.717) is 5.75 Å². The first-order chi connectivity index (χ1) is 9.60. The summed E-state index contributed by atoms with van der Waals surface area (Å²) in [6.45, 7) is 0. The largest absolute Gasteiger partial charge is 0.490 e. The van der Waals surface area contributed by atoms with Crippen molar-refractivity contribution in [2.75, 3.05) is 7.11 Å². The van der Waals surface area contributed by atoms with Crippen LogP contribution in [-0.4, -0.2) is 12.0 Å². The van der Waals surface area contributed by atoms with Crippen LogP contribution in [0.25, 0.3) is 0 Å². The topological polar surface area (TPSA) is 52.4 Å². The molecule has 20 heavy (non-hydrogen) atoms. The van der Waals surface area contributed by atoms with Gasteiger partial charge in [0.05, 0.1) is 12.0 Å². The van der Waals surface area contributed by atoms with E-state index in [4.69, 9.17) is 4.74 Å². The zero-order valence-electron chi connectivity index (χ0n) is 10.7. The van der Waals surface area contributed by atoms with Crippen LogP contribution in [-0.2, 0) is 5.75 Å². The third kappa shape index (κ3) is 3.74. The Balaban J connectivity index is 2.14. The van der Waals surface area contributed by atoms with Crippen LogP contribution < -0.4 is 4.74 Å². The average molecular weight is 354 g/mol. The summed E-state index contributed by atoms with van der Waals surface area (Å²) < 4.78 is 6.00. The number of nitro benzene ring substituents is 1. The predicted octanol–water partition coefficient (Wildman–Crippen LogP) is 4.66. The number of nitrogens with zero attached hydrogens (tertiary/aromatic N) is 1. The van der Waals surface area contributed by atoms with Gasteiger partial charge in [0, 0.05) is 21.2 Å². The van der Waals surface area contributed by atoms with Gasteiger partial charge < -0.3 is 4.74 Å². The first-order valence-corrected chi connectivity index (χ1v) is 7.57. The first-order valence-electron chi connectivity index (χ1n) is 5.80. The van der Waals surface area contributed by atoms with Gasteiger partial charge in [-0.25, -0.2) is 0 Å². The van der Waals surface area contributed by atoms with Crippen LogP contribution in [0, 0.1) is 10.1 Å². The lowest BCUT2D eigenvalue weighted by atomic mass is 10.2. The summed E-state index contributed by atoms with van der Waals surface area (Å²) in [5.74, 6) is 0.951. The van der Waals surface area contributed by atoms with Crippen molar-refractivity contribution in [1.82, 2.24) is 0 Å². The molecule has 2 rings (SSSR count). The Morgan fingerprint density at radius 2 is 2.10 bits per heavy atom. The molecule has 0 aliphatic carbocycles. The van der Waals surface area contributed by atoms with E-state index in [0.717, 1.165) is 14.9 Å². The molecule has 0 fully saturated rings. The smallest absolute Gasteiger partial charge is 0.311 e. The summed E-state index contributed by atoms with van der Waals surface area (Å²) >= 11 is 5.05. The highest BCUT2D eigenvalue weighted by molar-refractivity contribution is 9.10. The van der Waals surface area contributed by atoms with Crippen LogP contribution in [0.5, 0.6) is 5.75 Å². The summed E-state index contributed by atoms with van der Waals surface area (Å²) in [5.41, 5.74) is 0.891. The van der Waals surface area contributed by atoms with Gasteiger partial charge in [0.2, 0.25) is 0 Å². The molecule has 0 aliphatic rings. The van der Waals surface area contributed by atoms with Gasteiger partial charge in [-0.3, -0.25) is 10.1 Å². The van der Waals surface area contributed by atoms with Gasteiger partial charge in [0.25, 0.3) is 0 Å². The fraction of sp³-hybridized carbons (Fsp3) is 0.143. The predicted molar refractivity (Wildman–Crippen MR) is 83.4 cm³/mol. The molecular formula is C14H12BrNO3S. The van der Waals surface area contributed by atoms with Gasteiger partial charge in [-0.2, -0.15) is 0 Å². The Labute approximate surface area is 129 Å². The van der Waals surface area contributed by atoms with Gasteiger partial charge in [-0.15, -0.1) is 11.8 Å². The molecule has 0 bridgehead atoms. The molecule has 0 saturated carbocycles. The third-order valence-electron chi connectivity index (χ3n) is 2.64. The quantitative estimate of drug-likeness (QED) is 0.445. The Kier molecular flexibility index (Phi) is 5.03. The van der Waals surface area contributed by atoms with E-state index in [1.807, 2.05) is 30.3 Å². The van der Waals surface area contributed by atoms with Crippen LogP contribution in [0.4, 0.5) is 5.69 Å². The fourth-order valence-electron chi connectivity index (χ4n) is 1.69. The van der Waals surface area contributed by atoms with Gasteiger partial charge in [-0.05, 0) is 29.8 Å². The standard InChI is InChI=1S/C14H12BrNO3S/c1-19-14-6-5-10(7-13(14)16(17)18)9-20-12-4-2-3-11(15)8-12/h2-8H,9H2,1H3. The van der Waals surface area contributed by atoms with Crippen molar-refractivity contribution in [1.29, 1.82) is 0 Å². The number of halogens is 1. The summed E-state index contributed by atoms with van der Waals surface area (Å²) in [4.78, 5) is 11.6. The lowest BCUT2D eigenvalue weighted by molar-refractivity contribution is -0.385. The molecule has 0 saturated heterocycles. The minimum atomic E-state index is -0.424. The van der Waals surface area contributed by atoms with Crippen LogP contribution in [0.15, 0.2) is 51.8 Å². The van der Waals surface area contributed by atoms with Crippen molar-refractivity contribution < 1.29 is 9.66 Å². The van der Waals surface area contributed by atoms with Crippen molar-refractivity contribution in [3.05, 3.63) is 62.6 Å². The van der Waals surface area contributed by atoms with Gasteiger partial charge in [0.1, 0.15) is 0 Å². The molecule has 0 N–H and O–H groups in total. The van der Waals surface area contributed by atoms with Crippen molar-refractivity contribution >= 4 is 33.4 Å². The zero-order chi connectivity index (χ0) is 14.5. The lowest BCUT2D eigenvalue weighted by Crippen LogP contribution is -1.95. The zero-order valence-corrected chi connectivity index (χ0v) is 13.1. The van der Waals surface area contributed by atoms with E-state index in [2.05, 4.69) is 15.9 Å². The van der Waals surface area contributed by atoms with Crippen LogP contribution in [0.2, 0.25) is 0 Å². The second kappa shape index (κ2) is 6.76. The van der Waals surface area contributed by atoms with Crippen LogP contribution >= 0.6 is 27.7 Å². The molecule has 2 aromatic rings. The number of benzene rings is 2. The maximum Gasteiger partial charge on any atom is 0.311 e. The van der Waals surface area contributed by atoms with Crippen LogP contribution in [0.3, 0.4) is 0 Å². The molecule has 104 valence electrons. The second-order valence-electron chi connectivity index (χ2n) is 4.01. The lowest BCUT2D eigenvalue weighted by Gasteiger charge is -2.05. The highest BCUT2D eigenvalue weighted by Crippen LogP contribution is 2.31. The number of rotatable bonds is 5. The highest BCUT2D eigenvalue weighted by atomic mass is 79.9. The number of methoxy groups -OCH3 is 1. The summed E-state index contributed by atoms with van der Waals surface area (Å²) in [6.07, 6.45) is 0. The molecule has 0 amide bonds. The van der Waals surface area contributed by atoms with Crippen molar-refractivity contribution in [3.63, 3.8) is 0 Å². The molecule has 0 aromatic heterocycles. The average Bonchev–Trinajstić information content (AvgIpc) is 2.45. The number of ether oxygens (including phenoxy) is 1. The molecule has 0 radical (unpaired) electrons.